The first-order chi connectivity index (χ1) is 14.4. The number of nitrogens with zero attached hydrogens (tertiary/aromatic N) is 4. The molecule has 2 aliphatic rings. The van der Waals surface area contributed by atoms with Gasteiger partial charge >= 0.3 is 0 Å². The molecule has 0 spiro atoms. The third-order valence-corrected chi connectivity index (χ3v) is 7.68. The number of hydrogen-bond donors (Lipinski definition) is 0. The Bertz CT molecular complexity index is 1030. The van der Waals surface area contributed by atoms with Crippen LogP contribution in [0, 0.1) is 0 Å². The van der Waals surface area contributed by atoms with E-state index in [2.05, 4.69) is 28.6 Å². The molecule has 0 aliphatic carbocycles. The molecule has 0 amide bonds. The van der Waals surface area contributed by atoms with Gasteiger partial charge in [0.25, 0.3) is 10.0 Å². The molecular formula is C22H27ClN4O2S. The molecule has 2 aliphatic heterocycles. The highest BCUT2D eigenvalue weighted by Crippen LogP contribution is 2.25. The van der Waals surface area contributed by atoms with Gasteiger partial charge in [-0.3, -0.25) is 4.99 Å². The minimum atomic E-state index is -3.62. The summed E-state index contributed by atoms with van der Waals surface area (Å²) >= 11 is 6.12. The number of piperazine rings is 1. The number of hydrogen-bond acceptors (Lipinski definition) is 5. The summed E-state index contributed by atoms with van der Waals surface area (Å²) in [6.07, 6.45) is 0. The van der Waals surface area contributed by atoms with E-state index in [0.717, 1.165) is 29.4 Å². The third kappa shape index (κ3) is 4.14. The number of aliphatic imine (C=N–C) groups is 1. The molecule has 2 heterocycles. The van der Waals surface area contributed by atoms with Gasteiger partial charge < -0.3 is 9.80 Å². The molecule has 0 saturated carbocycles. The van der Waals surface area contributed by atoms with E-state index < -0.39 is 10.0 Å². The Morgan fingerprint density at radius 1 is 0.933 bits per heavy atom. The Morgan fingerprint density at radius 2 is 1.60 bits per heavy atom. The van der Waals surface area contributed by atoms with Crippen molar-refractivity contribution in [1.82, 2.24) is 9.21 Å². The van der Waals surface area contributed by atoms with E-state index in [1.54, 1.807) is 12.1 Å². The van der Waals surface area contributed by atoms with Gasteiger partial charge in [0.05, 0.1) is 18.0 Å². The topological polar surface area (TPSA) is 56.2 Å². The second-order valence-corrected chi connectivity index (χ2v) is 10.2. The smallest absolute Gasteiger partial charge is 0.266 e. The summed E-state index contributed by atoms with van der Waals surface area (Å²) in [5, 5.41) is 0.718. The summed E-state index contributed by atoms with van der Waals surface area (Å²) < 4.78 is 28.0. The molecular weight excluding hydrogens is 420 g/mol. The molecule has 0 aromatic heterocycles. The van der Waals surface area contributed by atoms with Crippen molar-refractivity contribution in [2.75, 3.05) is 44.2 Å². The molecule has 4 rings (SSSR count). The minimum absolute atomic E-state index is 0.319. The van der Waals surface area contributed by atoms with Crippen LogP contribution >= 0.6 is 11.6 Å². The molecule has 0 bridgehead atoms. The predicted molar refractivity (Wildman–Crippen MR) is 122 cm³/mol. The van der Waals surface area contributed by atoms with Crippen molar-refractivity contribution >= 4 is 33.3 Å². The number of anilines is 1. The van der Waals surface area contributed by atoms with Gasteiger partial charge in [-0.1, -0.05) is 43.6 Å². The highest BCUT2D eigenvalue weighted by atomic mass is 35.5. The summed E-state index contributed by atoms with van der Waals surface area (Å²) in [7, 11) is -3.62. The fraction of sp³-hybridized carbons (Fsp3) is 0.409. The first-order valence-electron chi connectivity index (χ1n) is 10.3. The number of rotatable bonds is 4. The van der Waals surface area contributed by atoms with Crippen molar-refractivity contribution in [3.8, 4) is 0 Å². The Morgan fingerprint density at radius 3 is 2.23 bits per heavy atom. The Labute approximate surface area is 183 Å². The van der Waals surface area contributed by atoms with E-state index in [4.69, 9.17) is 11.6 Å². The van der Waals surface area contributed by atoms with Gasteiger partial charge in [-0.2, -0.15) is 0 Å². The Kier molecular flexibility index (Phi) is 5.93. The normalized spacial score (nSPS) is 17.6. The van der Waals surface area contributed by atoms with Crippen LogP contribution in [0.4, 0.5) is 5.69 Å². The molecule has 0 radical (unpaired) electrons. The zero-order valence-electron chi connectivity index (χ0n) is 17.3. The maximum Gasteiger partial charge on any atom is 0.266 e. The summed E-state index contributed by atoms with van der Waals surface area (Å²) in [5.74, 6) is 0.926. The van der Waals surface area contributed by atoms with Gasteiger partial charge in [-0.25, -0.2) is 12.7 Å². The van der Waals surface area contributed by atoms with Crippen molar-refractivity contribution in [2.45, 2.75) is 24.7 Å². The van der Waals surface area contributed by atoms with Crippen LogP contribution in [-0.4, -0.2) is 62.9 Å². The zero-order chi connectivity index (χ0) is 21.3. The predicted octanol–water partition coefficient (Wildman–Crippen LogP) is 3.65. The van der Waals surface area contributed by atoms with E-state index in [1.165, 1.54) is 4.31 Å². The summed E-state index contributed by atoms with van der Waals surface area (Å²) in [5.41, 5.74) is 2.21. The average Bonchev–Trinajstić information content (AvgIpc) is 3.25. The van der Waals surface area contributed by atoms with Gasteiger partial charge in [0.15, 0.2) is 0 Å². The second-order valence-electron chi connectivity index (χ2n) is 7.94. The van der Waals surface area contributed by atoms with Gasteiger partial charge in [-0.05, 0) is 41.8 Å². The first-order valence-corrected chi connectivity index (χ1v) is 12.1. The molecule has 1 fully saturated rings. The summed E-state index contributed by atoms with van der Waals surface area (Å²) in [6.45, 7) is 8.07. The molecule has 1 saturated heterocycles. The lowest BCUT2D eigenvalue weighted by Crippen LogP contribution is -2.53. The van der Waals surface area contributed by atoms with Crippen LogP contribution in [0.15, 0.2) is 58.4 Å². The SMILES string of the molecule is CC(C)c1ccc(S(=O)(=O)N2CCN=C2N2CCN(c3cccc(Cl)c3)CC2)cc1. The van der Waals surface area contributed by atoms with E-state index in [0.29, 0.717) is 43.0 Å². The highest BCUT2D eigenvalue weighted by molar-refractivity contribution is 7.89. The van der Waals surface area contributed by atoms with Crippen LogP contribution in [-0.2, 0) is 10.0 Å². The van der Waals surface area contributed by atoms with Crippen LogP contribution in [0.5, 0.6) is 0 Å². The standard InChI is InChI=1S/C22H27ClN4O2S/c1-17(2)18-6-8-21(9-7-18)30(28,29)27-11-10-24-22(27)26-14-12-25(13-15-26)20-5-3-4-19(23)16-20/h3-9,16-17H,10-15H2,1-2H3. The number of halogens is 1. The van der Waals surface area contributed by atoms with Gasteiger partial charge in [0.1, 0.15) is 0 Å². The molecule has 0 N–H and O–H groups in total. The molecule has 2 aromatic rings. The molecule has 30 heavy (non-hydrogen) atoms. The van der Waals surface area contributed by atoms with Crippen LogP contribution in [0.1, 0.15) is 25.3 Å². The molecule has 8 heteroatoms. The van der Waals surface area contributed by atoms with Crippen LogP contribution in [0.25, 0.3) is 0 Å². The monoisotopic (exact) mass is 446 g/mol. The van der Waals surface area contributed by atoms with Crippen LogP contribution in [0.3, 0.4) is 0 Å². The quantitative estimate of drug-likeness (QED) is 0.719. The Balaban J connectivity index is 1.47. The summed E-state index contributed by atoms with van der Waals surface area (Å²) in [4.78, 5) is 9.20. The fourth-order valence-corrected chi connectivity index (χ4v) is 5.52. The van der Waals surface area contributed by atoms with Gasteiger partial charge in [0.2, 0.25) is 5.96 Å². The summed E-state index contributed by atoms with van der Waals surface area (Å²) in [6, 6.07) is 15.0. The minimum Gasteiger partial charge on any atom is -0.368 e. The maximum atomic E-state index is 13.3. The van der Waals surface area contributed by atoms with E-state index >= 15 is 0 Å². The maximum absolute atomic E-state index is 13.3. The van der Waals surface area contributed by atoms with Crippen LogP contribution < -0.4 is 4.90 Å². The molecule has 2 aromatic carbocycles. The molecule has 160 valence electrons. The van der Waals surface area contributed by atoms with Gasteiger partial charge in [-0.15, -0.1) is 0 Å². The lowest BCUT2D eigenvalue weighted by molar-refractivity contribution is 0.358. The zero-order valence-corrected chi connectivity index (χ0v) is 18.9. The van der Waals surface area contributed by atoms with E-state index in [1.807, 2.05) is 36.4 Å². The van der Waals surface area contributed by atoms with Crippen LogP contribution in [0.2, 0.25) is 5.02 Å². The average molecular weight is 447 g/mol. The van der Waals surface area contributed by atoms with Crippen molar-refractivity contribution in [2.24, 2.45) is 4.99 Å². The largest absolute Gasteiger partial charge is 0.368 e. The second kappa shape index (κ2) is 8.47. The number of sulfonamides is 1. The molecule has 6 nitrogen and oxygen atoms in total. The number of guanidine groups is 1. The highest BCUT2D eigenvalue weighted by Gasteiger charge is 2.35. The van der Waals surface area contributed by atoms with E-state index in [-0.39, 0.29) is 0 Å². The molecule has 0 atom stereocenters. The fourth-order valence-electron chi connectivity index (χ4n) is 3.89. The number of benzene rings is 2. The van der Waals surface area contributed by atoms with Crippen molar-refractivity contribution in [3.63, 3.8) is 0 Å². The molecule has 0 unspecified atom stereocenters. The third-order valence-electron chi connectivity index (χ3n) is 5.65. The van der Waals surface area contributed by atoms with Crippen molar-refractivity contribution in [3.05, 3.63) is 59.1 Å². The first kappa shape index (κ1) is 21.0. The van der Waals surface area contributed by atoms with Gasteiger partial charge in [0, 0.05) is 36.9 Å². The lowest BCUT2D eigenvalue weighted by Gasteiger charge is -2.39. The van der Waals surface area contributed by atoms with E-state index in [9.17, 15) is 8.42 Å². The van der Waals surface area contributed by atoms with Crippen molar-refractivity contribution in [1.29, 1.82) is 0 Å². The van der Waals surface area contributed by atoms with Crippen molar-refractivity contribution < 1.29 is 8.42 Å². The lowest BCUT2D eigenvalue weighted by atomic mass is 10.0. The Hall–Kier alpha value is -2.25.